The number of aromatic nitrogens is 3. The van der Waals surface area contributed by atoms with E-state index in [1.807, 2.05) is 79.0 Å². The number of rotatable bonds is 5. The normalized spacial score (nSPS) is 11.2. The second-order valence-corrected chi connectivity index (χ2v) is 8.19. The molecule has 0 fully saturated rings. The van der Waals surface area contributed by atoms with Crippen LogP contribution < -0.4 is 4.74 Å². The van der Waals surface area contributed by atoms with E-state index in [2.05, 4.69) is 27.8 Å². The van der Waals surface area contributed by atoms with E-state index in [1.165, 1.54) is 5.56 Å². The average molecular weight is 444 g/mol. The maximum absolute atomic E-state index is 12.7. The molecule has 0 unspecified atom stereocenters. The van der Waals surface area contributed by atoms with Gasteiger partial charge >= 0.3 is 5.97 Å². The molecule has 4 aromatic carbocycles. The van der Waals surface area contributed by atoms with E-state index in [1.54, 1.807) is 12.1 Å². The summed E-state index contributed by atoms with van der Waals surface area (Å²) in [6.07, 6.45) is 1.85. The molecule has 0 atom stereocenters. The van der Waals surface area contributed by atoms with Crippen molar-refractivity contribution < 1.29 is 9.53 Å². The molecule has 0 aliphatic heterocycles. The number of nitrogens with one attached hydrogen (secondary N) is 1. The van der Waals surface area contributed by atoms with Gasteiger partial charge in [0, 0.05) is 23.8 Å². The summed E-state index contributed by atoms with van der Waals surface area (Å²) in [4.78, 5) is 20.7. The Kier molecular flexibility index (Phi) is 4.92. The Hall–Kier alpha value is -4.64. The molecular formula is C29H21N3O2. The molecule has 1 N–H and O–H groups in total. The average Bonchev–Trinajstić information content (AvgIpc) is 3.50. The third-order valence-corrected chi connectivity index (χ3v) is 5.95. The molecule has 2 heterocycles. The summed E-state index contributed by atoms with van der Waals surface area (Å²) in [6, 6.07) is 33.5. The fourth-order valence-corrected chi connectivity index (χ4v) is 4.23. The second kappa shape index (κ2) is 8.37. The predicted molar refractivity (Wildman–Crippen MR) is 134 cm³/mol. The van der Waals surface area contributed by atoms with Crippen LogP contribution in [0.3, 0.4) is 0 Å². The molecule has 2 aromatic heterocycles. The van der Waals surface area contributed by atoms with Gasteiger partial charge in [-0.2, -0.15) is 0 Å². The van der Waals surface area contributed by atoms with Gasteiger partial charge in [-0.1, -0.05) is 48.5 Å². The van der Waals surface area contributed by atoms with Gasteiger partial charge in [-0.15, -0.1) is 0 Å². The minimum atomic E-state index is -0.388. The summed E-state index contributed by atoms with van der Waals surface area (Å²) >= 11 is 0. The Morgan fingerprint density at radius 3 is 2.50 bits per heavy atom. The lowest BCUT2D eigenvalue weighted by atomic mass is 10.1. The Labute approximate surface area is 196 Å². The van der Waals surface area contributed by atoms with Crippen LogP contribution >= 0.6 is 0 Å². The van der Waals surface area contributed by atoms with Crippen molar-refractivity contribution in [3.8, 4) is 17.1 Å². The summed E-state index contributed by atoms with van der Waals surface area (Å²) in [6.45, 7) is 0.717. The van der Waals surface area contributed by atoms with Gasteiger partial charge in [0.15, 0.2) is 0 Å². The molecule has 6 aromatic rings. The first-order chi connectivity index (χ1) is 16.7. The lowest BCUT2D eigenvalue weighted by molar-refractivity contribution is 0.0735. The molecule has 34 heavy (non-hydrogen) atoms. The fourth-order valence-electron chi connectivity index (χ4n) is 4.23. The molecule has 0 saturated heterocycles. The van der Waals surface area contributed by atoms with Crippen LogP contribution in [0.25, 0.3) is 33.3 Å². The predicted octanol–water partition coefficient (Wildman–Crippen LogP) is 6.45. The van der Waals surface area contributed by atoms with Crippen molar-refractivity contribution in [3.05, 3.63) is 120 Å². The van der Waals surface area contributed by atoms with Crippen molar-refractivity contribution >= 4 is 27.9 Å². The zero-order chi connectivity index (χ0) is 22.9. The Bertz CT molecular complexity index is 1610. The number of imidazole rings is 1. The molecule has 164 valence electrons. The minimum absolute atomic E-state index is 0.388. The number of fused-ring (bicyclic) bond motifs is 2. The molecular weight excluding hydrogens is 422 g/mol. The maximum Gasteiger partial charge on any atom is 0.343 e. The highest BCUT2D eigenvalue weighted by Gasteiger charge is 2.14. The molecule has 5 heteroatoms. The third-order valence-electron chi connectivity index (χ3n) is 5.95. The van der Waals surface area contributed by atoms with Crippen molar-refractivity contribution in [1.82, 2.24) is 14.5 Å². The maximum atomic E-state index is 12.7. The fraction of sp³-hybridized carbons (Fsp3) is 0.0345. The standard InChI is InChI=1S/C29H21N3O2/c33-29(23-11-10-21-16-17-30-26(21)18-23)34-24-14-12-22(13-15-24)28-31-25-8-4-5-9-27(25)32(28)19-20-6-2-1-3-7-20/h1-18,30H,19H2. The van der Waals surface area contributed by atoms with E-state index in [4.69, 9.17) is 9.72 Å². The van der Waals surface area contributed by atoms with Gasteiger partial charge in [-0.25, -0.2) is 9.78 Å². The number of hydrogen-bond acceptors (Lipinski definition) is 3. The number of para-hydroxylation sites is 2. The van der Waals surface area contributed by atoms with E-state index in [-0.39, 0.29) is 5.97 Å². The lowest BCUT2D eigenvalue weighted by Crippen LogP contribution is -2.08. The first-order valence-corrected chi connectivity index (χ1v) is 11.1. The van der Waals surface area contributed by atoms with Crippen LogP contribution in [0, 0.1) is 0 Å². The van der Waals surface area contributed by atoms with Gasteiger partial charge < -0.3 is 14.3 Å². The van der Waals surface area contributed by atoms with Gasteiger partial charge in [0.25, 0.3) is 0 Å². The van der Waals surface area contributed by atoms with Crippen LogP contribution in [-0.4, -0.2) is 20.5 Å². The van der Waals surface area contributed by atoms with Crippen molar-refractivity contribution in [2.45, 2.75) is 6.54 Å². The second-order valence-electron chi connectivity index (χ2n) is 8.19. The van der Waals surface area contributed by atoms with E-state index in [0.717, 1.165) is 33.3 Å². The Balaban J connectivity index is 1.29. The number of carbonyl (C=O) groups excluding carboxylic acids is 1. The Morgan fingerprint density at radius 1 is 0.853 bits per heavy atom. The molecule has 5 nitrogen and oxygen atoms in total. The number of hydrogen-bond donors (Lipinski definition) is 1. The number of esters is 1. The molecule has 0 amide bonds. The van der Waals surface area contributed by atoms with Crippen molar-refractivity contribution in [1.29, 1.82) is 0 Å². The summed E-state index contributed by atoms with van der Waals surface area (Å²) in [7, 11) is 0. The molecule has 0 aliphatic rings. The topological polar surface area (TPSA) is 59.9 Å². The summed E-state index contributed by atoms with van der Waals surface area (Å²) in [5.74, 6) is 0.978. The smallest absolute Gasteiger partial charge is 0.343 e. The number of ether oxygens (including phenoxy) is 1. The zero-order valence-corrected chi connectivity index (χ0v) is 18.3. The van der Waals surface area contributed by atoms with E-state index >= 15 is 0 Å². The number of aromatic amines is 1. The summed E-state index contributed by atoms with van der Waals surface area (Å²) < 4.78 is 7.84. The SMILES string of the molecule is O=C(Oc1ccc(-c2nc3ccccc3n2Cc2ccccc2)cc1)c1ccc2cc[nH]c2c1. The molecule has 0 radical (unpaired) electrons. The molecule has 0 bridgehead atoms. The highest BCUT2D eigenvalue weighted by atomic mass is 16.5. The summed E-state index contributed by atoms with van der Waals surface area (Å²) in [5.41, 5.74) is 5.60. The van der Waals surface area contributed by atoms with Crippen LogP contribution in [-0.2, 0) is 6.54 Å². The van der Waals surface area contributed by atoms with Gasteiger partial charge in [0.2, 0.25) is 0 Å². The quantitative estimate of drug-likeness (QED) is 0.246. The minimum Gasteiger partial charge on any atom is -0.423 e. The van der Waals surface area contributed by atoms with E-state index < -0.39 is 0 Å². The number of carbonyl (C=O) groups is 1. The van der Waals surface area contributed by atoms with Crippen LogP contribution in [0.15, 0.2) is 109 Å². The van der Waals surface area contributed by atoms with Crippen LogP contribution in [0.2, 0.25) is 0 Å². The van der Waals surface area contributed by atoms with Gasteiger partial charge in [0.1, 0.15) is 11.6 Å². The van der Waals surface area contributed by atoms with E-state index in [9.17, 15) is 4.79 Å². The van der Waals surface area contributed by atoms with E-state index in [0.29, 0.717) is 17.9 Å². The third kappa shape index (κ3) is 3.73. The van der Waals surface area contributed by atoms with Gasteiger partial charge in [0.05, 0.1) is 16.6 Å². The highest BCUT2D eigenvalue weighted by molar-refractivity contribution is 5.95. The first kappa shape index (κ1) is 20.0. The molecule has 0 spiro atoms. The molecule has 0 aliphatic carbocycles. The zero-order valence-electron chi connectivity index (χ0n) is 18.3. The lowest BCUT2D eigenvalue weighted by Gasteiger charge is -2.10. The molecule has 0 saturated carbocycles. The van der Waals surface area contributed by atoms with Crippen molar-refractivity contribution in [2.24, 2.45) is 0 Å². The number of H-pyrrole nitrogens is 1. The largest absolute Gasteiger partial charge is 0.423 e. The van der Waals surface area contributed by atoms with Crippen LogP contribution in [0.4, 0.5) is 0 Å². The molecule has 6 rings (SSSR count). The monoisotopic (exact) mass is 443 g/mol. The number of benzene rings is 4. The highest BCUT2D eigenvalue weighted by Crippen LogP contribution is 2.28. The first-order valence-electron chi connectivity index (χ1n) is 11.1. The number of nitrogens with zero attached hydrogens (tertiary/aromatic N) is 2. The van der Waals surface area contributed by atoms with Crippen molar-refractivity contribution in [3.63, 3.8) is 0 Å². The van der Waals surface area contributed by atoms with Gasteiger partial charge in [-0.3, -0.25) is 0 Å². The van der Waals surface area contributed by atoms with Crippen LogP contribution in [0.1, 0.15) is 15.9 Å². The van der Waals surface area contributed by atoms with Crippen LogP contribution in [0.5, 0.6) is 5.75 Å². The van der Waals surface area contributed by atoms with Gasteiger partial charge in [-0.05, 0) is 65.5 Å². The van der Waals surface area contributed by atoms with Crippen molar-refractivity contribution in [2.75, 3.05) is 0 Å². The summed E-state index contributed by atoms with van der Waals surface area (Å²) in [5, 5.41) is 1.05. The Morgan fingerprint density at radius 2 is 1.65 bits per heavy atom.